The molecule has 1 aromatic heterocycles. The van der Waals surface area contributed by atoms with Crippen LogP contribution in [0.4, 0.5) is 11.4 Å². The van der Waals surface area contributed by atoms with Gasteiger partial charge in [-0.1, -0.05) is 13.0 Å². The van der Waals surface area contributed by atoms with Crippen molar-refractivity contribution >= 4 is 23.2 Å². The maximum atomic E-state index is 12.4. The highest BCUT2D eigenvalue weighted by atomic mass is 16.5. The average Bonchev–Trinajstić information content (AvgIpc) is 3.22. The van der Waals surface area contributed by atoms with E-state index in [9.17, 15) is 9.59 Å². The number of ether oxygens (including phenoxy) is 1. The van der Waals surface area contributed by atoms with Crippen LogP contribution in [0.3, 0.4) is 0 Å². The zero-order valence-corrected chi connectivity index (χ0v) is 14.9. The van der Waals surface area contributed by atoms with Gasteiger partial charge in [0.25, 0.3) is 11.8 Å². The quantitative estimate of drug-likeness (QED) is 0.643. The number of amides is 2. The van der Waals surface area contributed by atoms with Crippen LogP contribution in [0.25, 0.3) is 0 Å². The lowest BCUT2D eigenvalue weighted by molar-refractivity contribution is 0.0995. The molecule has 0 bridgehead atoms. The van der Waals surface area contributed by atoms with Gasteiger partial charge >= 0.3 is 0 Å². The molecule has 6 heteroatoms. The molecule has 0 unspecified atom stereocenters. The largest absolute Gasteiger partial charge is 0.494 e. The molecule has 3 rings (SSSR count). The molecular weight excluding hydrogens is 344 g/mol. The van der Waals surface area contributed by atoms with Gasteiger partial charge in [0.2, 0.25) is 0 Å². The molecule has 0 radical (unpaired) electrons. The normalized spacial score (nSPS) is 10.3. The predicted molar refractivity (Wildman–Crippen MR) is 103 cm³/mol. The highest BCUT2D eigenvalue weighted by molar-refractivity contribution is 6.05. The lowest BCUT2D eigenvalue weighted by Gasteiger charge is -2.09. The number of carbonyl (C=O) groups excluding carboxylic acids is 2. The third-order valence-corrected chi connectivity index (χ3v) is 3.71. The summed E-state index contributed by atoms with van der Waals surface area (Å²) in [6, 6.07) is 17.1. The first kappa shape index (κ1) is 18.3. The van der Waals surface area contributed by atoms with Crippen molar-refractivity contribution in [2.75, 3.05) is 17.2 Å². The Morgan fingerprint density at radius 1 is 0.926 bits per heavy atom. The highest BCUT2D eigenvalue weighted by Crippen LogP contribution is 2.18. The number of nitrogens with one attached hydrogen (secondary N) is 2. The fraction of sp³-hybridized carbons (Fsp3) is 0.143. The zero-order chi connectivity index (χ0) is 19.1. The smallest absolute Gasteiger partial charge is 0.291 e. The topological polar surface area (TPSA) is 80.6 Å². The first-order valence-corrected chi connectivity index (χ1v) is 8.65. The van der Waals surface area contributed by atoms with E-state index in [4.69, 9.17) is 9.15 Å². The minimum absolute atomic E-state index is 0.217. The second-order valence-electron chi connectivity index (χ2n) is 5.84. The summed E-state index contributed by atoms with van der Waals surface area (Å²) >= 11 is 0. The van der Waals surface area contributed by atoms with Gasteiger partial charge in [0.1, 0.15) is 5.75 Å². The van der Waals surface area contributed by atoms with E-state index in [-0.39, 0.29) is 17.6 Å². The Labute approximate surface area is 157 Å². The number of rotatable bonds is 7. The molecule has 1 heterocycles. The van der Waals surface area contributed by atoms with Crippen molar-refractivity contribution in [2.24, 2.45) is 0 Å². The minimum atomic E-state index is -0.355. The Balaban J connectivity index is 1.63. The van der Waals surface area contributed by atoms with Crippen molar-refractivity contribution in [1.82, 2.24) is 0 Å². The van der Waals surface area contributed by atoms with Gasteiger partial charge in [0.05, 0.1) is 12.9 Å². The summed E-state index contributed by atoms with van der Waals surface area (Å²) in [6.45, 7) is 2.68. The van der Waals surface area contributed by atoms with E-state index in [1.165, 1.54) is 6.26 Å². The third kappa shape index (κ3) is 4.98. The van der Waals surface area contributed by atoms with Crippen molar-refractivity contribution < 1.29 is 18.7 Å². The molecule has 2 amide bonds. The monoisotopic (exact) mass is 364 g/mol. The van der Waals surface area contributed by atoms with Gasteiger partial charge in [0.15, 0.2) is 5.76 Å². The Morgan fingerprint density at radius 2 is 1.63 bits per heavy atom. The van der Waals surface area contributed by atoms with E-state index >= 15 is 0 Å². The fourth-order valence-corrected chi connectivity index (χ4v) is 2.40. The summed E-state index contributed by atoms with van der Waals surface area (Å²) in [7, 11) is 0. The van der Waals surface area contributed by atoms with Crippen molar-refractivity contribution in [1.29, 1.82) is 0 Å². The molecule has 2 N–H and O–H groups in total. The van der Waals surface area contributed by atoms with E-state index in [0.29, 0.717) is 23.5 Å². The van der Waals surface area contributed by atoms with Gasteiger partial charge in [-0.15, -0.1) is 0 Å². The number of carbonyl (C=O) groups is 2. The Bertz CT molecular complexity index is 902. The summed E-state index contributed by atoms with van der Waals surface area (Å²) in [4.78, 5) is 24.4. The van der Waals surface area contributed by atoms with Crippen molar-refractivity contribution in [3.63, 3.8) is 0 Å². The maximum absolute atomic E-state index is 12.4. The molecule has 0 saturated heterocycles. The Kier molecular flexibility index (Phi) is 5.89. The molecule has 0 aliphatic heterocycles. The summed E-state index contributed by atoms with van der Waals surface area (Å²) in [5.74, 6) is 0.351. The summed E-state index contributed by atoms with van der Waals surface area (Å²) in [5.41, 5.74) is 1.64. The van der Waals surface area contributed by atoms with Gasteiger partial charge < -0.3 is 19.8 Å². The SMILES string of the molecule is CCCOc1ccc(C(=O)Nc2cccc(NC(=O)c3ccco3)c2)cc1. The van der Waals surface area contributed by atoms with Crippen LogP contribution in [0.2, 0.25) is 0 Å². The summed E-state index contributed by atoms with van der Waals surface area (Å²) < 4.78 is 10.6. The summed E-state index contributed by atoms with van der Waals surface area (Å²) in [5, 5.41) is 5.54. The molecule has 0 aliphatic carbocycles. The molecule has 2 aromatic carbocycles. The molecule has 27 heavy (non-hydrogen) atoms. The van der Waals surface area contributed by atoms with Crippen LogP contribution < -0.4 is 15.4 Å². The minimum Gasteiger partial charge on any atom is -0.494 e. The lowest BCUT2D eigenvalue weighted by Crippen LogP contribution is -2.13. The van der Waals surface area contributed by atoms with E-state index in [0.717, 1.165) is 12.2 Å². The lowest BCUT2D eigenvalue weighted by atomic mass is 10.2. The molecule has 0 atom stereocenters. The van der Waals surface area contributed by atoms with Crippen LogP contribution in [-0.2, 0) is 0 Å². The standard InChI is InChI=1S/C21H20N2O4/c1-2-12-26-18-10-8-15(9-11-18)20(24)22-16-5-3-6-17(14-16)23-21(25)19-7-4-13-27-19/h3-11,13-14H,2,12H2,1H3,(H,22,24)(H,23,25). The number of furan rings is 1. The van der Waals surface area contributed by atoms with Crippen molar-refractivity contribution in [2.45, 2.75) is 13.3 Å². The van der Waals surface area contributed by atoms with Crippen LogP contribution in [0, 0.1) is 0 Å². The van der Waals surface area contributed by atoms with Crippen LogP contribution in [0.1, 0.15) is 34.3 Å². The maximum Gasteiger partial charge on any atom is 0.291 e. The van der Waals surface area contributed by atoms with Gasteiger partial charge in [-0.05, 0) is 61.0 Å². The third-order valence-electron chi connectivity index (χ3n) is 3.71. The number of anilines is 2. The molecule has 0 fully saturated rings. The van der Waals surface area contributed by atoms with E-state index in [1.54, 1.807) is 60.7 Å². The van der Waals surface area contributed by atoms with E-state index in [1.807, 2.05) is 6.92 Å². The van der Waals surface area contributed by atoms with Crippen LogP contribution in [0.15, 0.2) is 71.3 Å². The zero-order valence-electron chi connectivity index (χ0n) is 14.9. The van der Waals surface area contributed by atoms with Gasteiger partial charge in [-0.3, -0.25) is 9.59 Å². The number of hydrogen-bond acceptors (Lipinski definition) is 4. The average molecular weight is 364 g/mol. The Morgan fingerprint density at radius 3 is 2.26 bits per heavy atom. The van der Waals surface area contributed by atoms with Gasteiger partial charge in [-0.25, -0.2) is 0 Å². The van der Waals surface area contributed by atoms with Crippen molar-refractivity contribution in [3.8, 4) is 5.75 Å². The molecule has 0 saturated carbocycles. The van der Waals surface area contributed by atoms with Crippen LogP contribution in [-0.4, -0.2) is 18.4 Å². The van der Waals surface area contributed by atoms with Crippen molar-refractivity contribution in [3.05, 3.63) is 78.3 Å². The highest BCUT2D eigenvalue weighted by Gasteiger charge is 2.10. The number of hydrogen-bond donors (Lipinski definition) is 2. The van der Waals surface area contributed by atoms with E-state index in [2.05, 4.69) is 10.6 Å². The molecule has 138 valence electrons. The molecular formula is C21H20N2O4. The van der Waals surface area contributed by atoms with Crippen LogP contribution in [0.5, 0.6) is 5.75 Å². The second-order valence-corrected chi connectivity index (χ2v) is 5.84. The molecule has 3 aromatic rings. The molecule has 6 nitrogen and oxygen atoms in total. The Hall–Kier alpha value is -3.54. The first-order valence-electron chi connectivity index (χ1n) is 8.65. The predicted octanol–water partition coefficient (Wildman–Crippen LogP) is 4.57. The van der Waals surface area contributed by atoms with Gasteiger partial charge in [-0.2, -0.15) is 0 Å². The fourth-order valence-electron chi connectivity index (χ4n) is 2.40. The van der Waals surface area contributed by atoms with Crippen LogP contribution >= 0.6 is 0 Å². The first-order chi connectivity index (χ1) is 13.2. The molecule has 0 aliphatic rings. The summed E-state index contributed by atoms with van der Waals surface area (Å²) in [6.07, 6.45) is 2.36. The second kappa shape index (κ2) is 8.71. The number of benzene rings is 2. The van der Waals surface area contributed by atoms with E-state index < -0.39 is 0 Å². The molecule has 0 spiro atoms. The van der Waals surface area contributed by atoms with Gasteiger partial charge in [0, 0.05) is 16.9 Å².